The maximum absolute atomic E-state index is 13.3. The Labute approximate surface area is 183 Å². The van der Waals surface area contributed by atoms with E-state index >= 15 is 0 Å². The molecular weight excluding hydrogens is 479 g/mol. The molecule has 1 amide bonds. The topological polar surface area (TPSA) is 114 Å². The number of alkyl halides is 3. The molecule has 2 aromatic heterocycles. The van der Waals surface area contributed by atoms with Crippen LogP contribution in [-0.4, -0.2) is 28.7 Å². The van der Waals surface area contributed by atoms with Gasteiger partial charge in [-0.25, -0.2) is 9.97 Å². The standard InChI is InChI=1S/C20H15BrF3N5O2/c1-31-16-6-10(4-5-27-16)17(26)13-8-12(2-3-15(13)25)29-19(30)18-14(20(22,23)24)7-11(21)9-28-18/h2-9,26H,25H2,1H3,(H,29,30). The van der Waals surface area contributed by atoms with Crippen LogP contribution in [0.15, 0.2) is 53.3 Å². The van der Waals surface area contributed by atoms with Gasteiger partial charge in [-0.3, -0.25) is 10.2 Å². The minimum Gasteiger partial charge on any atom is -0.481 e. The first kappa shape index (κ1) is 22.2. The Morgan fingerprint density at radius 3 is 2.61 bits per heavy atom. The molecule has 11 heteroatoms. The number of rotatable bonds is 5. The summed E-state index contributed by atoms with van der Waals surface area (Å²) in [6.45, 7) is 0. The Balaban J connectivity index is 1.92. The number of nitrogens with two attached hydrogens (primary N) is 1. The average molecular weight is 494 g/mol. The number of carbonyl (C=O) groups is 1. The van der Waals surface area contributed by atoms with Crippen LogP contribution in [0.3, 0.4) is 0 Å². The molecule has 0 aliphatic heterocycles. The Hall–Kier alpha value is -3.47. The summed E-state index contributed by atoms with van der Waals surface area (Å²) in [7, 11) is 1.44. The number of ether oxygens (including phenoxy) is 1. The van der Waals surface area contributed by atoms with Gasteiger partial charge in [0, 0.05) is 45.4 Å². The second kappa shape index (κ2) is 8.72. The fourth-order valence-electron chi connectivity index (χ4n) is 2.71. The SMILES string of the molecule is COc1cc(C(=N)c2cc(NC(=O)c3ncc(Br)cc3C(F)(F)F)ccc2N)ccn1. The average Bonchev–Trinajstić information content (AvgIpc) is 2.73. The normalized spacial score (nSPS) is 11.1. The molecule has 0 saturated carbocycles. The van der Waals surface area contributed by atoms with Crippen molar-refractivity contribution in [2.45, 2.75) is 6.18 Å². The minimum absolute atomic E-state index is 0.0204. The van der Waals surface area contributed by atoms with E-state index in [4.69, 9.17) is 15.9 Å². The number of pyridine rings is 2. The summed E-state index contributed by atoms with van der Waals surface area (Å²) in [5.41, 5.74) is 5.16. The highest BCUT2D eigenvalue weighted by atomic mass is 79.9. The van der Waals surface area contributed by atoms with E-state index in [1.165, 1.54) is 37.6 Å². The maximum Gasteiger partial charge on any atom is 0.418 e. The van der Waals surface area contributed by atoms with Crippen molar-refractivity contribution in [2.24, 2.45) is 0 Å². The van der Waals surface area contributed by atoms with Gasteiger partial charge in [0.2, 0.25) is 5.88 Å². The first-order valence-corrected chi connectivity index (χ1v) is 9.42. The predicted octanol–water partition coefficient (Wildman–Crippen LogP) is 4.52. The molecule has 0 saturated heterocycles. The number of aromatic nitrogens is 2. The maximum atomic E-state index is 13.3. The number of hydrogen-bond acceptors (Lipinski definition) is 6. The van der Waals surface area contributed by atoms with Gasteiger partial charge < -0.3 is 15.8 Å². The van der Waals surface area contributed by atoms with Gasteiger partial charge in [0.05, 0.1) is 18.4 Å². The van der Waals surface area contributed by atoms with Gasteiger partial charge in [-0.1, -0.05) is 0 Å². The fourth-order valence-corrected chi connectivity index (χ4v) is 3.04. The van der Waals surface area contributed by atoms with Gasteiger partial charge in [0.25, 0.3) is 5.91 Å². The van der Waals surface area contributed by atoms with Crippen molar-refractivity contribution in [1.29, 1.82) is 5.41 Å². The highest BCUT2D eigenvalue weighted by molar-refractivity contribution is 9.10. The van der Waals surface area contributed by atoms with Crippen molar-refractivity contribution in [3.05, 3.63) is 75.6 Å². The number of halogens is 4. The summed E-state index contributed by atoms with van der Waals surface area (Å²) in [5, 5.41) is 10.8. The highest BCUT2D eigenvalue weighted by Crippen LogP contribution is 2.33. The molecule has 0 bridgehead atoms. The van der Waals surface area contributed by atoms with Gasteiger partial charge in [-0.05, 0) is 46.3 Å². The molecule has 3 aromatic rings. The Morgan fingerprint density at radius 2 is 1.94 bits per heavy atom. The quantitative estimate of drug-likeness (QED) is 0.357. The predicted molar refractivity (Wildman–Crippen MR) is 112 cm³/mol. The number of nitrogen functional groups attached to an aromatic ring is 1. The zero-order valence-electron chi connectivity index (χ0n) is 15.9. The van der Waals surface area contributed by atoms with Crippen LogP contribution in [0.1, 0.15) is 27.2 Å². The van der Waals surface area contributed by atoms with Crippen molar-refractivity contribution in [2.75, 3.05) is 18.2 Å². The van der Waals surface area contributed by atoms with E-state index in [0.717, 1.165) is 12.3 Å². The third-order valence-corrected chi connectivity index (χ3v) is 4.62. The molecule has 1 aromatic carbocycles. The summed E-state index contributed by atoms with van der Waals surface area (Å²) in [6.07, 6.45) is -2.20. The van der Waals surface area contributed by atoms with E-state index in [0.29, 0.717) is 11.4 Å². The summed E-state index contributed by atoms with van der Waals surface area (Å²) >= 11 is 2.93. The summed E-state index contributed by atoms with van der Waals surface area (Å²) < 4.78 is 45.0. The lowest BCUT2D eigenvalue weighted by atomic mass is 10.0. The molecule has 0 spiro atoms. The monoisotopic (exact) mass is 493 g/mol. The third-order valence-electron chi connectivity index (χ3n) is 4.19. The molecule has 4 N–H and O–H groups in total. The first-order chi connectivity index (χ1) is 14.6. The van der Waals surface area contributed by atoms with Crippen LogP contribution < -0.4 is 15.8 Å². The van der Waals surface area contributed by atoms with E-state index in [-0.39, 0.29) is 27.1 Å². The Kier molecular flexibility index (Phi) is 6.25. The molecule has 0 aliphatic carbocycles. The lowest BCUT2D eigenvalue weighted by Crippen LogP contribution is -2.20. The molecule has 7 nitrogen and oxygen atoms in total. The van der Waals surface area contributed by atoms with Gasteiger partial charge in [-0.15, -0.1) is 0 Å². The number of anilines is 2. The molecule has 0 unspecified atom stereocenters. The van der Waals surface area contributed by atoms with Crippen LogP contribution in [0.2, 0.25) is 0 Å². The summed E-state index contributed by atoms with van der Waals surface area (Å²) in [6, 6.07) is 8.16. The molecule has 31 heavy (non-hydrogen) atoms. The molecular formula is C20H15BrF3N5O2. The fraction of sp³-hybridized carbons (Fsp3) is 0.100. The van der Waals surface area contributed by atoms with Crippen molar-refractivity contribution in [1.82, 2.24) is 9.97 Å². The Bertz CT molecular complexity index is 1170. The van der Waals surface area contributed by atoms with Crippen molar-refractivity contribution in [3.8, 4) is 5.88 Å². The van der Waals surface area contributed by atoms with Gasteiger partial charge in [-0.2, -0.15) is 13.2 Å². The summed E-state index contributed by atoms with van der Waals surface area (Å²) in [4.78, 5) is 20.1. The number of nitrogens with zero attached hydrogens (tertiary/aromatic N) is 2. The zero-order valence-corrected chi connectivity index (χ0v) is 17.5. The van der Waals surface area contributed by atoms with Gasteiger partial charge in [0.1, 0.15) is 5.69 Å². The third kappa shape index (κ3) is 5.00. The molecule has 0 fully saturated rings. The Morgan fingerprint density at radius 1 is 1.19 bits per heavy atom. The van der Waals surface area contributed by atoms with Crippen LogP contribution in [-0.2, 0) is 6.18 Å². The molecule has 0 atom stereocenters. The summed E-state index contributed by atoms with van der Waals surface area (Å²) in [5.74, 6) is -0.751. The van der Waals surface area contributed by atoms with Crippen molar-refractivity contribution >= 4 is 38.9 Å². The zero-order chi connectivity index (χ0) is 22.8. The van der Waals surface area contributed by atoms with Crippen LogP contribution in [0.4, 0.5) is 24.5 Å². The smallest absolute Gasteiger partial charge is 0.418 e. The highest BCUT2D eigenvalue weighted by Gasteiger charge is 2.36. The van der Waals surface area contributed by atoms with Crippen LogP contribution in [0.5, 0.6) is 5.88 Å². The van der Waals surface area contributed by atoms with Crippen molar-refractivity contribution in [3.63, 3.8) is 0 Å². The molecule has 160 valence electrons. The van der Waals surface area contributed by atoms with Gasteiger partial charge >= 0.3 is 6.18 Å². The lowest BCUT2D eigenvalue weighted by molar-refractivity contribution is -0.138. The number of methoxy groups -OCH3 is 1. The van der Waals surface area contributed by atoms with Gasteiger partial charge in [0.15, 0.2) is 0 Å². The number of amides is 1. The van der Waals surface area contributed by atoms with E-state index in [1.54, 1.807) is 6.07 Å². The van der Waals surface area contributed by atoms with Crippen molar-refractivity contribution < 1.29 is 22.7 Å². The first-order valence-electron chi connectivity index (χ1n) is 8.63. The van der Waals surface area contributed by atoms with Crippen LogP contribution in [0, 0.1) is 5.41 Å². The van der Waals surface area contributed by atoms with E-state index in [2.05, 4.69) is 31.2 Å². The second-order valence-corrected chi connectivity index (χ2v) is 7.18. The van der Waals surface area contributed by atoms with E-state index < -0.39 is 23.3 Å². The van der Waals surface area contributed by atoms with Crippen LogP contribution >= 0.6 is 15.9 Å². The number of benzene rings is 1. The molecule has 0 radical (unpaired) electrons. The molecule has 3 rings (SSSR count). The van der Waals surface area contributed by atoms with E-state index in [1.807, 2.05) is 0 Å². The number of carbonyl (C=O) groups excluding carboxylic acids is 1. The van der Waals surface area contributed by atoms with Crippen LogP contribution in [0.25, 0.3) is 0 Å². The minimum atomic E-state index is -4.77. The molecule has 0 aliphatic rings. The number of hydrogen-bond donors (Lipinski definition) is 3. The lowest BCUT2D eigenvalue weighted by Gasteiger charge is -2.14. The largest absolute Gasteiger partial charge is 0.481 e. The molecule has 2 heterocycles. The number of nitrogens with one attached hydrogen (secondary N) is 2. The second-order valence-electron chi connectivity index (χ2n) is 6.27. The van der Waals surface area contributed by atoms with E-state index in [9.17, 15) is 18.0 Å².